The van der Waals surface area contributed by atoms with E-state index in [0.717, 1.165) is 18.6 Å². The van der Waals surface area contributed by atoms with Gasteiger partial charge in [0.05, 0.1) is 0 Å². The van der Waals surface area contributed by atoms with Crippen molar-refractivity contribution in [1.29, 1.82) is 0 Å². The molecule has 88 valence electrons. The number of thioether (sulfide) groups is 1. The first kappa shape index (κ1) is 12.9. The Labute approximate surface area is 96.8 Å². The number of rotatable bonds is 5. The molecule has 15 heavy (non-hydrogen) atoms. The van der Waals surface area contributed by atoms with E-state index < -0.39 is 10.7 Å². The summed E-state index contributed by atoms with van der Waals surface area (Å²) in [6.45, 7) is 8.65. The lowest BCUT2D eigenvalue weighted by Crippen LogP contribution is -2.49. The van der Waals surface area contributed by atoms with Gasteiger partial charge in [-0.15, -0.1) is 11.8 Å². The molecule has 0 atom stereocenters. The molecule has 0 unspecified atom stereocenters. The maximum Gasteiger partial charge on any atom is 0.319 e. The van der Waals surface area contributed by atoms with E-state index in [1.54, 1.807) is 11.8 Å². The van der Waals surface area contributed by atoms with Gasteiger partial charge in [0.2, 0.25) is 0 Å². The second kappa shape index (κ2) is 4.77. The minimum atomic E-state index is -0.606. The van der Waals surface area contributed by atoms with Gasteiger partial charge in [0, 0.05) is 0 Å². The second-order valence-corrected chi connectivity index (χ2v) is 6.82. The first-order valence-corrected chi connectivity index (χ1v) is 6.73. The molecule has 3 heteroatoms. The number of carboxylic acid groups (broad SMARTS) is 1. The predicted molar refractivity (Wildman–Crippen MR) is 65.2 cm³/mol. The van der Waals surface area contributed by atoms with Gasteiger partial charge in [-0.3, -0.25) is 4.79 Å². The number of hydrogen-bond donors (Lipinski definition) is 1. The van der Waals surface area contributed by atoms with Crippen molar-refractivity contribution >= 4 is 17.7 Å². The Kier molecular flexibility index (Phi) is 4.10. The zero-order valence-electron chi connectivity index (χ0n) is 10.1. The van der Waals surface area contributed by atoms with Gasteiger partial charge in [-0.2, -0.15) is 0 Å². The molecule has 0 radical (unpaired) electrons. The molecule has 0 spiro atoms. The fraction of sp³-hybridized carbons (Fsp3) is 0.917. The van der Waals surface area contributed by atoms with Crippen LogP contribution in [0.1, 0.15) is 40.5 Å². The monoisotopic (exact) mass is 230 g/mol. The van der Waals surface area contributed by atoms with Crippen LogP contribution in [0.25, 0.3) is 0 Å². The smallest absolute Gasteiger partial charge is 0.319 e. The van der Waals surface area contributed by atoms with E-state index in [2.05, 4.69) is 27.7 Å². The Morgan fingerprint density at radius 3 is 2.27 bits per heavy atom. The Morgan fingerprint density at radius 1 is 1.40 bits per heavy atom. The normalized spacial score (nSPS) is 30.7. The molecule has 1 rings (SSSR count). The fourth-order valence-electron chi connectivity index (χ4n) is 1.94. The van der Waals surface area contributed by atoms with Gasteiger partial charge in [0.25, 0.3) is 0 Å². The molecule has 2 nitrogen and oxygen atoms in total. The summed E-state index contributed by atoms with van der Waals surface area (Å²) >= 11 is 1.65. The predicted octanol–water partition coefficient (Wildman–Crippen LogP) is 3.27. The average molecular weight is 230 g/mol. The largest absolute Gasteiger partial charge is 0.480 e. The van der Waals surface area contributed by atoms with Crippen molar-refractivity contribution in [3.63, 3.8) is 0 Å². The number of carboxylic acids is 1. The van der Waals surface area contributed by atoms with Crippen LogP contribution in [-0.4, -0.2) is 21.6 Å². The SMILES string of the molecule is CC(C)CSC1(C(=O)O)CC(C(C)C)C1. The van der Waals surface area contributed by atoms with Crippen molar-refractivity contribution in [2.24, 2.45) is 17.8 Å². The van der Waals surface area contributed by atoms with Crippen LogP contribution in [0.2, 0.25) is 0 Å². The Hall–Kier alpha value is -0.180. The van der Waals surface area contributed by atoms with Gasteiger partial charge in [0.1, 0.15) is 4.75 Å². The lowest BCUT2D eigenvalue weighted by atomic mass is 9.69. The molecule has 1 aliphatic carbocycles. The van der Waals surface area contributed by atoms with E-state index in [4.69, 9.17) is 0 Å². The molecule has 0 saturated heterocycles. The third-order valence-corrected chi connectivity index (χ3v) is 5.10. The van der Waals surface area contributed by atoms with Crippen LogP contribution >= 0.6 is 11.8 Å². The van der Waals surface area contributed by atoms with Crippen molar-refractivity contribution in [3.8, 4) is 0 Å². The van der Waals surface area contributed by atoms with Gasteiger partial charge < -0.3 is 5.11 Å². The summed E-state index contributed by atoms with van der Waals surface area (Å²) in [6.07, 6.45) is 1.72. The molecule has 1 aliphatic rings. The van der Waals surface area contributed by atoms with Gasteiger partial charge in [-0.1, -0.05) is 27.7 Å². The van der Waals surface area contributed by atoms with E-state index in [0.29, 0.717) is 17.8 Å². The Morgan fingerprint density at radius 2 is 1.93 bits per heavy atom. The van der Waals surface area contributed by atoms with E-state index in [1.165, 1.54) is 0 Å². The van der Waals surface area contributed by atoms with Crippen LogP contribution in [0.4, 0.5) is 0 Å². The van der Waals surface area contributed by atoms with E-state index >= 15 is 0 Å². The lowest BCUT2D eigenvalue weighted by molar-refractivity contribution is -0.144. The third kappa shape index (κ3) is 2.90. The Balaban J connectivity index is 2.50. The first-order valence-electron chi connectivity index (χ1n) is 5.75. The highest BCUT2D eigenvalue weighted by Gasteiger charge is 2.51. The zero-order valence-corrected chi connectivity index (χ0v) is 10.9. The summed E-state index contributed by atoms with van der Waals surface area (Å²) in [5.41, 5.74) is 0. The van der Waals surface area contributed by atoms with E-state index in [1.807, 2.05) is 0 Å². The number of aliphatic carboxylic acids is 1. The van der Waals surface area contributed by atoms with Crippen LogP contribution in [0.15, 0.2) is 0 Å². The molecule has 0 heterocycles. The van der Waals surface area contributed by atoms with E-state index in [-0.39, 0.29) is 0 Å². The van der Waals surface area contributed by atoms with Crippen molar-refractivity contribution < 1.29 is 9.90 Å². The highest BCUT2D eigenvalue weighted by molar-refractivity contribution is 8.01. The molecule has 0 aromatic rings. The Bertz CT molecular complexity index is 224. The fourth-order valence-corrected chi connectivity index (χ4v) is 3.38. The average Bonchev–Trinajstić information content (AvgIpc) is 1.99. The standard InChI is InChI=1S/C12H22O2S/c1-8(2)7-15-12(11(13)14)5-10(6-12)9(3)4/h8-10H,5-7H2,1-4H3,(H,13,14). The molecule has 1 saturated carbocycles. The van der Waals surface area contributed by atoms with Crippen molar-refractivity contribution in [2.45, 2.75) is 45.3 Å². The maximum absolute atomic E-state index is 11.3. The minimum absolute atomic E-state index is 0.459. The van der Waals surface area contributed by atoms with Gasteiger partial charge in [-0.25, -0.2) is 0 Å². The molecule has 0 amide bonds. The summed E-state index contributed by atoms with van der Waals surface area (Å²) in [5, 5.41) is 9.28. The second-order valence-electron chi connectivity index (χ2n) is 5.42. The van der Waals surface area contributed by atoms with Crippen LogP contribution in [-0.2, 0) is 4.79 Å². The van der Waals surface area contributed by atoms with Gasteiger partial charge in [0.15, 0.2) is 0 Å². The van der Waals surface area contributed by atoms with Crippen LogP contribution in [0.5, 0.6) is 0 Å². The summed E-state index contributed by atoms with van der Waals surface area (Å²) in [7, 11) is 0. The van der Waals surface area contributed by atoms with Gasteiger partial charge >= 0.3 is 5.97 Å². The van der Waals surface area contributed by atoms with Crippen LogP contribution in [0, 0.1) is 17.8 Å². The molecular weight excluding hydrogens is 208 g/mol. The molecule has 0 aromatic carbocycles. The quantitative estimate of drug-likeness (QED) is 0.787. The number of carbonyl (C=O) groups is 1. The van der Waals surface area contributed by atoms with Crippen molar-refractivity contribution in [2.75, 3.05) is 5.75 Å². The van der Waals surface area contributed by atoms with Crippen LogP contribution < -0.4 is 0 Å². The third-order valence-electron chi connectivity index (χ3n) is 3.21. The molecule has 0 bridgehead atoms. The first-order chi connectivity index (χ1) is 6.87. The molecule has 0 aromatic heterocycles. The summed E-state index contributed by atoms with van der Waals surface area (Å²) in [5.74, 6) is 2.16. The lowest BCUT2D eigenvalue weighted by Gasteiger charge is -2.46. The summed E-state index contributed by atoms with van der Waals surface area (Å²) < 4.78 is -0.459. The van der Waals surface area contributed by atoms with Crippen LogP contribution in [0.3, 0.4) is 0 Å². The van der Waals surface area contributed by atoms with E-state index in [9.17, 15) is 9.90 Å². The van der Waals surface area contributed by atoms with Gasteiger partial charge in [-0.05, 0) is 36.3 Å². The number of hydrogen-bond acceptors (Lipinski definition) is 2. The summed E-state index contributed by atoms with van der Waals surface area (Å²) in [6, 6.07) is 0. The van der Waals surface area contributed by atoms with Crippen molar-refractivity contribution in [1.82, 2.24) is 0 Å². The summed E-state index contributed by atoms with van der Waals surface area (Å²) in [4.78, 5) is 11.3. The highest BCUT2D eigenvalue weighted by atomic mass is 32.2. The van der Waals surface area contributed by atoms with Crippen molar-refractivity contribution in [3.05, 3.63) is 0 Å². The topological polar surface area (TPSA) is 37.3 Å². The minimum Gasteiger partial charge on any atom is -0.480 e. The zero-order chi connectivity index (χ0) is 11.6. The highest BCUT2D eigenvalue weighted by Crippen LogP contribution is 2.51. The molecule has 1 N–H and O–H groups in total. The maximum atomic E-state index is 11.3. The molecular formula is C12H22O2S. The molecule has 0 aliphatic heterocycles. The molecule has 1 fully saturated rings.